The van der Waals surface area contributed by atoms with E-state index in [1.165, 1.54) is 13.0 Å². The molecule has 3 rings (SSSR count). The first-order chi connectivity index (χ1) is 14.8. The number of carbonyl (C=O) groups excluding carboxylic acids is 3. The Morgan fingerprint density at radius 2 is 1.55 bits per heavy atom. The standard InChI is InChI=1S/C25H24N2O4/c1-16-10-11-21(12-17(16)2)24(29)26-15-19-6-4-8-22(13-19)27-25(30)20-7-5-9-23(14-20)31-18(3)28/h4-14H,15H2,1-3H3,(H,26,29)(H,27,30). The summed E-state index contributed by atoms with van der Waals surface area (Å²) in [5.74, 6) is -0.624. The predicted octanol–water partition coefficient (Wildman–Crippen LogP) is 4.41. The van der Waals surface area contributed by atoms with E-state index >= 15 is 0 Å². The molecule has 2 N–H and O–H groups in total. The minimum Gasteiger partial charge on any atom is -0.427 e. The maximum Gasteiger partial charge on any atom is 0.308 e. The molecule has 0 spiro atoms. The van der Waals surface area contributed by atoms with E-state index in [1.54, 1.807) is 36.4 Å². The zero-order valence-corrected chi connectivity index (χ0v) is 17.7. The van der Waals surface area contributed by atoms with E-state index in [4.69, 9.17) is 4.74 Å². The highest BCUT2D eigenvalue weighted by Crippen LogP contribution is 2.17. The van der Waals surface area contributed by atoms with Gasteiger partial charge in [-0.2, -0.15) is 0 Å². The molecule has 0 saturated carbocycles. The van der Waals surface area contributed by atoms with E-state index in [1.807, 2.05) is 38.1 Å². The Labute approximate surface area is 181 Å². The van der Waals surface area contributed by atoms with Crippen molar-refractivity contribution in [2.24, 2.45) is 0 Å². The van der Waals surface area contributed by atoms with Crippen LogP contribution in [0.2, 0.25) is 0 Å². The quantitative estimate of drug-likeness (QED) is 0.460. The number of anilines is 1. The zero-order chi connectivity index (χ0) is 22.4. The van der Waals surface area contributed by atoms with Crippen LogP contribution in [0.25, 0.3) is 0 Å². The summed E-state index contributed by atoms with van der Waals surface area (Å²) in [5.41, 5.74) is 4.63. The normalized spacial score (nSPS) is 10.3. The Morgan fingerprint density at radius 3 is 2.29 bits per heavy atom. The van der Waals surface area contributed by atoms with Crippen molar-refractivity contribution >= 4 is 23.5 Å². The number of hydrogen-bond donors (Lipinski definition) is 2. The van der Waals surface area contributed by atoms with Crippen LogP contribution >= 0.6 is 0 Å². The first-order valence-electron chi connectivity index (χ1n) is 9.86. The highest BCUT2D eigenvalue weighted by atomic mass is 16.5. The van der Waals surface area contributed by atoms with Crippen LogP contribution in [0.5, 0.6) is 5.75 Å². The third-order valence-electron chi connectivity index (χ3n) is 4.76. The molecule has 0 atom stereocenters. The average Bonchev–Trinajstić information content (AvgIpc) is 2.74. The van der Waals surface area contributed by atoms with Crippen molar-refractivity contribution in [3.8, 4) is 5.75 Å². The van der Waals surface area contributed by atoms with Gasteiger partial charge in [-0.1, -0.05) is 24.3 Å². The maximum absolute atomic E-state index is 12.6. The van der Waals surface area contributed by atoms with E-state index in [0.29, 0.717) is 29.1 Å². The minimum absolute atomic E-state index is 0.153. The lowest BCUT2D eigenvalue weighted by Crippen LogP contribution is -2.23. The summed E-state index contributed by atoms with van der Waals surface area (Å²) in [4.78, 5) is 36.1. The highest BCUT2D eigenvalue weighted by Gasteiger charge is 2.10. The van der Waals surface area contributed by atoms with E-state index < -0.39 is 5.97 Å². The summed E-state index contributed by atoms with van der Waals surface area (Å²) in [6, 6.07) is 19.2. The minimum atomic E-state index is -0.451. The summed E-state index contributed by atoms with van der Waals surface area (Å²) < 4.78 is 5.02. The van der Waals surface area contributed by atoms with Crippen molar-refractivity contribution in [3.05, 3.63) is 94.5 Å². The first kappa shape index (κ1) is 21.8. The monoisotopic (exact) mass is 416 g/mol. The number of rotatable bonds is 6. The molecule has 0 fully saturated rings. The van der Waals surface area contributed by atoms with Crippen molar-refractivity contribution in [3.63, 3.8) is 0 Å². The maximum atomic E-state index is 12.6. The fourth-order valence-corrected chi connectivity index (χ4v) is 3.00. The molecule has 6 heteroatoms. The molecule has 3 aromatic rings. The fourth-order valence-electron chi connectivity index (χ4n) is 3.00. The van der Waals surface area contributed by atoms with Crippen LogP contribution in [0.3, 0.4) is 0 Å². The molecule has 0 unspecified atom stereocenters. The summed E-state index contributed by atoms with van der Waals surface area (Å²) in [7, 11) is 0. The van der Waals surface area contributed by atoms with Crippen molar-refractivity contribution in [1.29, 1.82) is 0 Å². The molecule has 0 radical (unpaired) electrons. The summed E-state index contributed by atoms with van der Waals surface area (Å²) in [5, 5.41) is 5.72. The second-order valence-corrected chi connectivity index (χ2v) is 7.26. The van der Waals surface area contributed by atoms with Crippen LogP contribution in [-0.2, 0) is 11.3 Å². The molecule has 158 valence electrons. The lowest BCUT2D eigenvalue weighted by atomic mass is 10.1. The lowest BCUT2D eigenvalue weighted by Gasteiger charge is -2.10. The van der Waals surface area contributed by atoms with Gasteiger partial charge in [0.05, 0.1) is 0 Å². The second-order valence-electron chi connectivity index (χ2n) is 7.26. The Balaban J connectivity index is 1.63. The number of carbonyl (C=O) groups is 3. The molecule has 0 aliphatic heterocycles. The summed E-state index contributed by atoms with van der Waals surface area (Å²) in [6.45, 7) is 5.61. The zero-order valence-electron chi connectivity index (χ0n) is 17.7. The summed E-state index contributed by atoms with van der Waals surface area (Å²) in [6.07, 6.45) is 0. The van der Waals surface area contributed by atoms with Crippen molar-refractivity contribution in [2.75, 3.05) is 5.32 Å². The number of amides is 2. The van der Waals surface area contributed by atoms with Gasteiger partial charge in [-0.05, 0) is 73.0 Å². The number of aryl methyl sites for hydroxylation is 2. The average molecular weight is 416 g/mol. The van der Waals surface area contributed by atoms with Crippen LogP contribution in [0.1, 0.15) is 44.3 Å². The smallest absolute Gasteiger partial charge is 0.308 e. The van der Waals surface area contributed by atoms with Crippen LogP contribution in [0.15, 0.2) is 66.7 Å². The fraction of sp³-hybridized carbons (Fsp3) is 0.160. The van der Waals surface area contributed by atoms with Gasteiger partial charge in [-0.3, -0.25) is 14.4 Å². The first-order valence-corrected chi connectivity index (χ1v) is 9.86. The van der Waals surface area contributed by atoms with Gasteiger partial charge in [0.2, 0.25) is 0 Å². The van der Waals surface area contributed by atoms with Gasteiger partial charge in [0.25, 0.3) is 11.8 Å². The molecule has 0 saturated heterocycles. The van der Waals surface area contributed by atoms with Gasteiger partial charge in [-0.15, -0.1) is 0 Å². The second kappa shape index (κ2) is 9.71. The van der Waals surface area contributed by atoms with E-state index in [-0.39, 0.29) is 11.8 Å². The highest BCUT2D eigenvalue weighted by molar-refractivity contribution is 6.04. The topological polar surface area (TPSA) is 84.5 Å². The Morgan fingerprint density at radius 1 is 0.806 bits per heavy atom. The van der Waals surface area contributed by atoms with E-state index in [2.05, 4.69) is 10.6 Å². The number of ether oxygens (including phenoxy) is 1. The third kappa shape index (κ3) is 6.02. The van der Waals surface area contributed by atoms with Crippen LogP contribution in [0.4, 0.5) is 5.69 Å². The van der Waals surface area contributed by atoms with Crippen LogP contribution in [0, 0.1) is 13.8 Å². The van der Waals surface area contributed by atoms with Crippen LogP contribution < -0.4 is 15.4 Å². The number of hydrogen-bond acceptors (Lipinski definition) is 4. The molecule has 6 nitrogen and oxygen atoms in total. The van der Waals surface area contributed by atoms with Gasteiger partial charge in [0.15, 0.2) is 0 Å². The Kier molecular flexibility index (Phi) is 6.82. The SMILES string of the molecule is CC(=O)Oc1cccc(C(=O)Nc2cccc(CNC(=O)c3ccc(C)c(C)c3)c2)c1. The molecule has 0 aliphatic rings. The van der Waals surface area contributed by atoms with Gasteiger partial charge >= 0.3 is 5.97 Å². The molecule has 0 aromatic heterocycles. The number of nitrogens with one attached hydrogen (secondary N) is 2. The predicted molar refractivity (Wildman–Crippen MR) is 119 cm³/mol. The van der Waals surface area contributed by atoms with Gasteiger partial charge in [0, 0.05) is 30.3 Å². The number of benzene rings is 3. The van der Waals surface area contributed by atoms with Gasteiger partial charge < -0.3 is 15.4 Å². The van der Waals surface area contributed by atoms with Crippen molar-refractivity contribution in [1.82, 2.24) is 5.32 Å². The van der Waals surface area contributed by atoms with E-state index in [9.17, 15) is 14.4 Å². The lowest BCUT2D eigenvalue weighted by molar-refractivity contribution is -0.131. The molecular formula is C25H24N2O4. The summed E-state index contributed by atoms with van der Waals surface area (Å²) >= 11 is 0. The Hall–Kier alpha value is -3.93. The third-order valence-corrected chi connectivity index (χ3v) is 4.76. The van der Waals surface area contributed by atoms with Gasteiger partial charge in [0.1, 0.15) is 5.75 Å². The molecule has 0 bridgehead atoms. The molecule has 31 heavy (non-hydrogen) atoms. The van der Waals surface area contributed by atoms with E-state index in [0.717, 1.165) is 16.7 Å². The van der Waals surface area contributed by atoms with Crippen LogP contribution in [-0.4, -0.2) is 17.8 Å². The van der Waals surface area contributed by atoms with Crippen molar-refractivity contribution in [2.45, 2.75) is 27.3 Å². The molecule has 0 heterocycles. The Bertz CT molecular complexity index is 1140. The molecule has 0 aliphatic carbocycles. The molecular weight excluding hydrogens is 392 g/mol. The number of esters is 1. The van der Waals surface area contributed by atoms with Crippen molar-refractivity contribution < 1.29 is 19.1 Å². The molecule has 2 amide bonds. The van der Waals surface area contributed by atoms with Gasteiger partial charge in [-0.25, -0.2) is 0 Å². The molecule has 3 aromatic carbocycles. The largest absolute Gasteiger partial charge is 0.427 e.